The number of H-pyrrole nitrogens is 1. The van der Waals surface area contributed by atoms with Gasteiger partial charge in [0.2, 0.25) is 0 Å². The Bertz CT molecular complexity index is 693. The molecule has 0 aliphatic carbocycles. The monoisotopic (exact) mass is 314 g/mol. The number of amides is 2. The van der Waals surface area contributed by atoms with Crippen molar-refractivity contribution in [1.29, 1.82) is 0 Å². The first kappa shape index (κ1) is 15.8. The third-order valence-corrected chi connectivity index (χ3v) is 4.99. The fourth-order valence-electron chi connectivity index (χ4n) is 3.37. The largest absolute Gasteiger partial charge is 0.340 e. The molecule has 1 aromatic heterocycles. The number of hydrogen-bond donors (Lipinski definition) is 2. The fourth-order valence-corrected chi connectivity index (χ4v) is 3.37. The van der Waals surface area contributed by atoms with Crippen LogP contribution in [0.3, 0.4) is 0 Å². The van der Waals surface area contributed by atoms with Gasteiger partial charge in [0.15, 0.2) is 0 Å². The van der Waals surface area contributed by atoms with Gasteiger partial charge in [-0.2, -0.15) is 0 Å². The number of benzene rings is 1. The van der Waals surface area contributed by atoms with E-state index in [0.717, 1.165) is 41.8 Å². The number of fused-ring (bicyclic) bond motifs is 1. The summed E-state index contributed by atoms with van der Waals surface area (Å²) >= 11 is 0. The molecule has 23 heavy (non-hydrogen) atoms. The number of piperidine rings is 1. The lowest BCUT2D eigenvalue weighted by atomic mass is 9.92. The summed E-state index contributed by atoms with van der Waals surface area (Å²) in [7, 11) is 0. The number of nitrogens with zero attached hydrogens (tertiary/aromatic N) is 2. The molecular weight excluding hydrogens is 288 g/mol. The van der Waals surface area contributed by atoms with E-state index in [2.05, 4.69) is 29.1 Å². The third-order valence-electron chi connectivity index (χ3n) is 4.99. The second kappa shape index (κ2) is 6.60. The van der Waals surface area contributed by atoms with Crippen LogP contribution in [-0.4, -0.2) is 33.5 Å². The van der Waals surface area contributed by atoms with Gasteiger partial charge in [0.25, 0.3) is 0 Å². The highest BCUT2D eigenvalue weighted by molar-refractivity contribution is 5.79. The van der Waals surface area contributed by atoms with E-state index in [1.165, 1.54) is 6.42 Å². The van der Waals surface area contributed by atoms with E-state index in [-0.39, 0.29) is 6.03 Å². The lowest BCUT2D eigenvalue weighted by Gasteiger charge is -2.37. The van der Waals surface area contributed by atoms with Crippen molar-refractivity contribution in [3.63, 3.8) is 0 Å². The third kappa shape index (κ3) is 3.33. The highest BCUT2D eigenvalue weighted by Gasteiger charge is 2.28. The van der Waals surface area contributed by atoms with Crippen molar-refractivity contribution in [1.82, 2.24) is 20.2 Å². The van der Waals surface area contributed by atoms with Crippen LogP contribution >= 0.6 is 0 Å². The summed E-state index contributed by atoms with van der Waals surface area (Å²) in [5, 5.41) is 3.02. The van der Waals surface area contributed by atoms with Crippen LogP contribution in [0.2, 0.25) is 0 Å². The molecule has 1 fully saturated rings. The van der Waals surface area contributed by atoms with Crippen molar-refractivity contribution in [2.75, 3.05) is 6.54 Å². The van der Waals surface area contributed by atoms with E-state index < -0.39 is 0 Å². The van der Waals surface area contributed by atoms with Crippen molar-refractivity contribution < 1.29 is 4.79 Å². The number of hydrogen-bond acceptors (Lipinski definition) is 2. The van der Waals surface area contributed by atoms with Gasteiger partial charge in [-0.3, -0.25) is 0 Å². The summed E-state index contributed by atoms with van der Waals surface area (Å²) in [5.41, 5.74) is 3.15. The van der Waals surface area contributed by atoms with E-state index in [0.29, 0.717) is 18.5 Å². The summed E-state index contributed by atoms with van der Waals surface area (Å²) in [4.78, 5) is 22.3. The Morgan fingerprint density at radius 2 is 2.26 bits per heavy atom. The summed E-state index contributed by atoms with van der Waals surface area (Å²) in [5.74, 6) is 1.44. The van der Waals surface area contributed by atoms with E-state index in [1.54, 1.807) is 0 Å². The Labute approximate surface area is 137 Å². The number of urea groups is 1. The summed E-state index contributed by atoms with van der Waals surface area (Å²) in [6.07, 6.45) is 3.46. The van der Waals surface area contributed by atoms with Gasteiger partial charge in [-0.05, 0) is 44.2 Å². The fraction of sp³-hybridized carbons (Fsp3) is 0.556. The second-order valence-corrected chi connectivity index (χ2v) is 6.67. The molecule has 5 heteroatoms. The predicted octanol–water partition coefficient (Wildman–Crippen LogP) is 3.59. The smallest absolute Gasteiger partial charge is 0.318 e. The summed E-state index contributed by atoms with van der Waals surface area (Å²) < 4.78 is 0. The number of carbonyl (C=O) groups excluding carboxylic acids is 1. The molecule has 0 spiro atoms. The van der Waals surface area contributed by atoms with Crippen LogP contribution in [0, 0.1) is 12.8 Å². The average Bonchev–Trinajstić information content (AvgIpc) is 2.98. The minimum atomic E-state index is 0.0211. The molecular formula is C18H26N4O. The number of likely N-dealkylation sites (tertiary alicyclic amines) is 1. The summed E-state index contributed by atoms with van der Waals surface area (Å²) in [6.45, 7) is 7.69. The molecule has 5 nitrogen and oxygen atoms in total. The van der Waals surface area contributed by atoms with Crippen LogP contribution in [0.25, 0.3) is 11.0 Å². The van der Waals surface area contributed by atoms with Gasteiger partial charge in [-0.25, -0.2) is 9.78 Å². The zero-order chi connectivity index (χ0) is 16.4. The molecule has 1 aliphatic heterocycles. The lowest BCUT2D eigenvalue weighted by molar-refractivity contribution is 0.129. The molecule has 0 bridgehead atoms. The Morgan fingerprint density at radius 3 is 3.00 bits per heavy atom. The molecule has 0 saturated carbocycles. The maximum atomic E-state index is 12.5. The molecule has 3 rings (SSSR count). The second-order valence-electron chi connectivity index (χ2n) is 6.67. The van der Waals surface area contributed by atoms with Gasteiger partial charge >= 0.3 is 6.03 Å². The Kier molecular flexibility index (Phi) is 4.55. The SMILES string of the molecule is CC[C@@H]1CC[C@@H](C)N(C(=O)NCc2nc3c(C)cccc3[nH]2)C1. The first-order chi connectivity index (χ1) is 11.1. The van der Waals surface area contributed by atoms with Gasteiger partial charge in [0, 0.05) is 12.6 Å². The maximum absolute atomic E-state index is 12.5. The zero-order valence-corrected chi connectivity index (χ0v) is 14.2. The van der Waals surface area contributed by atoms with Crippen molar-refractivity contribution in [3.05, 3.63) is 29.6 Å². The van der Waals surface area contributed by atoms with E-state index in [1.807, 2.05) is 30.0 Å². The normalized spacial score (nSPS) is 21.6. The molecule has 2 amide bonds. The quantitative estimate of drug-likeness (QED) is 0.909. The van der Waals surface area contributed by atoms with Gasteiger partial charge in [0.1, 0.15) is 5.82 Å². The van der Waals surface area contributed by atoms with E-state index in [9.17, 15) is 4.79 Å². The molecule has 1 aromatic carbocycles. The number of aromatic nitrogens is 2. The van der Waals surface area contributed by atoms with Crippen LogP contribution in [0.4, 0.5) is 4.79 Å². The van der Waals surface area contributed by atoms with Crippen molar-refractivity contribution >= 4 is 17.1 Å². The lowest BCUT2D eigenvalue weighted by Crippen LogP contribution is -2.49. The van der Waals surface area contributed by atoms with Crippen LogP contribution < -0.4 is 5.32 Å². The highest BCUT2D eigenvalue weighted by Crippen LogP contribution is 2.24. The van der Waals surface area contributed by atoms with Crippen LogP contribution in [0.15, 0.2) is 18.2 Å². The number of imidazole rings is 1. The Balaban J connectivity index is 1.64. The van der Waals surface area contributed by atoms with Crippen molar-refractivity contribution in [3.8, 4) is 0 Å². The molecule has 1 aliphatic rings. The van der Waals surface area contributed by atoms with Crippen LogP contribution in [0.5, 0.6) is 0 Å². The van der Waals surface area contributed by atoms with Crippen LogP contribution in [-0.2, 0) is 6.54 Å². The zero-order valence-electron chi connectivity index (χ0n) is 14.2. The molecule has 2 heterocycles. The molecule has 2 N–H and O–H groups in total. The topological polar surface area (TPSA) is 61.0 Å². The molecule has 0 unspecified atom stereocenters. The van der Waals surface area contributed by atoms with Gasteiger partial charge in [-0.15, -0.1) is 0 Å². The number of carbonyl (C=O) groups is 1. The van der Waals surface area contributed by atoms with Gasteiger partial charge in [-0.1, -0.05) is 25.5 Å². The van der Waals surface area contributed by atoms with Crippen molar-refractivity contribution in [2.45, 2.75) is 52.6 Å². The first-order valence-electron chi connectivity index (χ1n) is 8.57. The Morgan fingerprint density at radius 1 is 1.43 bits per heavy atom. The highest BCUT2D eigenvalue weighted by atomic mass is 16.2. The molecule has 124 valence electrons. The average molecular weight is 314 g/mol. The molecule has 0 radical (unpaired) electrons. The minimum absolute atomic E-state index is 0.0211. The maximum Gasteiger partial charge on any atom is 0.318 e. The van der Waals surface area contributed by atoms with Crippen LogP contribution in [0.1, 0.15) is 44.5 Å². The standard InChI is InChI=1S/C18H26N4O/c1-4-14-9-8-13(3)22(11-14)18(23)19-10-16-20-15-7-5-6-12(2)17(15)21-16/h5-7,13-14H,4,8-11H2,1-3H3,(H,19,23)(H,20,21)/t13-,14-/m1/s1. The molecule has 2 aromatic rings. The first-order valence-corrected chi connectivity index (χ1v) is 8.57. The van der Waals surface area contributed by atoms with Crippen molar-refractivity contribution in [2.24, 2.45) is 5.92 Å². The van der Waals surface area contributed by atoms with E-state index in [4.69, 9.17) is 0 Å². The summed E-state index contributed by atoms with van der Waals surface area (Å²) in [6, 6.07) is 6.41. The molecule has 2 atom stereocenters. The minimum Gasteiger partial charge on any atom is -0.340 e. The number of aromatic amines is 1. The molecule has 1 saturated heterocycles. The number of para-hydroxylation sites is 1. The van der Waals surface area contributed by atoms with Gasteiger partial charge < -0.3 is 15.2 Å². The van der Waals surface area contributed by atoms with E-state index >= 15 is 0 Å². The number of rotatable bonds is 3. The predicted molar refractivity (Wildman–Crippen MR) is 92.2 cm³/mol. The number of aryl methyl sites for hydroxylation is 1. The number of nitrogens with one attached hydrogen (secondary N) is 2. The van der Waals surface area contributed by atoms with Gasteiger partial charge in [0.05, 0.1) is 17.6 Å². The Hall–Kier alpha value is -2.04.